The lowest BCUT2D eigenvalue weighted by Crippen LogP contribution is -2.28. The first-order valence-corrected chi connectivity index (χ1v) is 15.5. The summed E-state index contributed by atoms with van der Waals surface area (Å²) in [5, 5.41) is 0. The molecule has 2 aliphatic heterocycles. The Hall–Kier alpha value is -3.49. The molecule has 3 atom stereocenters. The van der Waals surface area contributed by atoms with E-state index in [0.717, 1.165) is 47.5 Å². The molecule has 0 bridgehead atoms. The molecule has 42 heavy (non-hydrogen) atoms. The average Bonchev–Trinajstić information content (AvgIpc) is 3.22. The van der Waals surface area contributed by atoms with Gasteiger partial charge in [0.05, 0.1) is 11.4 Å². The Morgan fingerprint density at radius 3 is 2.57 bits per heavy atom. The fourth-order valence-electron chi connectivity index (χ4n) is 6.24. The van der Waals surface area contributed by atoms with E-state index >= 15 is 0 Å². The fourth-order valence-corrected chi connectivity index (χ4v) is 6.24. The molecule has 0 saturated carbocycles. The van der Waals surface area contributed by atoms with Gasteiger partial charge in [-0.15, -0.1) is 5.73 Å². The van der Waals surface area contributed by atoms with Gasteiger partial charge in [-0.1, -0.05) is 58.1 Å². The summed E-state index contributed by atoms with van der Waals surface area (Å²) in [5.74, 6) is 1.21. The first kappa shape index (κ1) is 33.0. The maximum absolute atomic E-state index is 13.1. The summed E-state index contributed by atoms with van der Waals surface area (Å²) in [5.41, 5.74) is 14.3. The summed E-state index contributed by atoms with van der Waals surface area (Å²) in [6.07, 6.45) is 14.1. The summed E-state index contributed by atoms with van der Waals surface area (Å²) in [6.45, 7) is 27.8. The van der Waals surface area contributed by atoms with Crippen molar-refractivity contribution in [3.05, 3.63) is 99.7 Å². The van der Waals surface area contributed by atoms with Crippen molar-refractivity contribution >= 4 is 17.2 Å². The van der Waals surface area contributed by atoms with Crippen molar-refractivity contribution < 1.29 is 4.79 Å². The summed E-state index contributed by atoms with van der Waals surface area (Å²) in [6, 6.07) is 0. The maximum Gasteiger partial charge on any atom is 0.183 e. The van der Waals surface area contributed by atoms with Crippen molar-refractivity contribution in [3.8, 4) is 0 Å². The first-order valence-electron chi connectivity index (χ1n) is 15.5. The smallest absolute Gasteiger partial charge is 0.183 e. The molecule has 0 amide bonds. The van der Waals surface area contributed by atoms with Crippen LogP contribution in [0, 0.1) is 17.8 Å². The molecule has 224 valence electrons. The van der Waals surface area contributed by atoms with Crippen molar-refractivity contribution in [2.75, 3.05) is 20.1 Å². The number of rotatable bonds is 7. The highest BCUT2D eigenvalue weighted by molar-refractivity contribution is 6.20. The second-order valence-electron chi connectivity index (χ2n) is 12.2. The van der Waals surface area contributed by atoms with E-state index in [-0.39, 0.29) is 11.7 Å². The van der Waals surface area contributed by atoms with Crippen molar-refractivity contribution in [1.82, 2.24) is 4.90 Å². The minimum absolute atomic E-state index is 0.100. The van der Waals surface area contributed by atoms with Crippen LogP contribution in [0.15, 0.2) is 110 Å². The summed E-state index contributed by atoms with van der Waals surface area (Å²) >= 11 is 0. The van der Waals surface area contributed by atoms with Gasteiger partial charge >= 0.3 is 0 Å². The van der Waals surface area contributed by atoms with Gasteiger partial charge in [-0.3, -0.25) is 14.8 Å². The molecule has 4 nitrogen and oxygen atoms in total. The zero-order valence-corrected chi connectivity index (χ0v) is 27.5. The number of hydrogen-bond acceptors (Lipinski definition) is 4. The molecule has 0 aromatic rings. The number of allylic oxidation sites excluding steroid dienone is 10. The molecule has 2 unspecified atom stereocenters. The van der Waals surface area contributed by atoms with E-state index in [9.17, 15) is 4.79 Å². The summed E-state index contributed by atoms with van der Waals surface area (Å²) in [7, 11) is 1.76. The monoisotopic (exact) mass is 565 g/mol. The van der Waals surface area contributed by atoms with Gasteiger partial charge in [0, 0.05) is 50.0 Å². The van der Waals surface area contributed by atoms with E-state index in [1.807, 2.05) is 0 Å². The van der Waals surface area contributed by atoms with E-state index in [4.69, 9.17) is 4.99 Å². The summed E-state index contributed by atoms with van der Waals surface area (Å²) in [4.78, 5) is 25.2. The molecule has 1 aliphatic carbocycles. The van der Waals surface area contributed by atoms with Crippen LogP contribution in [-0.2, 0) is 4.79 Å². The minimum Gasteiger partial charge on any atom is -0.371 e. The standard InChI is InChI=1S/C38H51N3O/c1-12-14-33-24(3)15-16-41(23-31(33)10)32(13-2)19-29(8)35-20-30(9)38(42)22-37(40-35)36(39-11)21-34-27(6)17-25(4)26(5)18-28(34)7/h13,17,19,21-22,27,31,33H,3,9,12,14-16,20,23H2,1-2,4-8,10-11H3/b29-19-,32-13+,34-21+,39-36?/t27?,31-,33?/m1/s1. The Labute approximate surface area is 255 Å². The highest BCUT2D eigenvalue weighted by Gasteiger charge is 2.27. The molecule has 0 aromatic heterocycles. The molecule has 0 N–H and O–H groups in total. The number of carbonyl (C=O) groups excluding carboxylic acids is 1. The Morgan fingerprint density at radius 1 is 1.21 bits per heavy atom. The normalized spacial score (nSPS) is 26.2. The van der Waals surface area contributed by atoms with Gasteiger partial charge in [-0.2, -0.15) is 0 Å². The van der Waals surface area contributed by atoms with Crippen molar-refractivity contribution in [2.24, 2.45) is 27.7 Å². The van der Waals surface area contributed by atoms with Gasteiger partial charge in [0.2, 0.25) is 0 Å². The Balaban J connectivity index is 1.99. The highest BCUT2D eigenvalue weighted by atomic mass is 16.1. The molecule has 0 aromatic carbocycles. The van der Waals surface area contributed by atoms with E-state index in [2.05, 4.69) is 108 Å². The third-order valence-corrected chi connectivity index (χ3v) is 8.94. The van der Waals surface area contributed by atoms with Gasteiger partial charge in [0.1, 0.15) is 0 Å². The molecule has 0 spiro atoms. The van der Waals surface area contributed by atoms with Crippen LogP contribution in [0.1, 0.15) is 81.1 Å². The predicted molar refractivity (Wildman–Crippen MR) is 181 cm³/mol. The largest absolute Gasteiger partial charge is 0.371 e. The van der Waals surface area contributed by atoms with Crippen LogP contribution in [0.3, 0.4) is 0 Å². The molecule has 1 saturated heterocycles. The average molecular weight is 566 g/mol. The number of hydrogen-bond donors (Lipinski definition) is 0. The van der Waals surface area contributed by atoms with E-state index in [1.165, 1.54) is 29.7 Å². The molecule has 3 aliphatic rings. The zero-order chi connectivity index (χ0) is 31.1. The second-order valence-corrected chi connectivity index (χ2v) is 12.2. The van der Waals surface area contributed by atoms with Crippen LogP contribution >= 0.6 is 0 Å². The first-order chi connectivity index (χ1) is 19.9. The lowest BCUT2D eigenvalue weighted by atomic mass is 9.84. The number of aliphatic imine (C=N–C) groups is 2. The van der Waals surface area contributed by atoms with Crippen molar-refractivity contribution in [3.63, 3.8) is 0 Å². The Bertz CT molecular complexity index is 1410. The second kappa shape index (κ2) is 14.6. The predicted octanol–water partition coefficient (Wildman–Crippen LogP) is 9.09. The van der Waals surface area contributed by atoms with Gasteiger partial charge < -0.3 is 4.90 Å². The van der Waals surface area contributed by atoms with Crippen molar-refractivity contribution in [2.45, 2.75) is 81.1 Å². The van der Waals surface area contributed by atoms with E-state index in [0.29, 0.717) is 35.2 Å². The van der Waals surface area contributed by atoms with E-state index in [1.54, 1.807) is 13.1 Å². The molecular weight excluding hydrogens is 514 g/mol. The van der Waals surface area contributed by atoms with Gasteiger partial charge in [-0.05, 0) is 105 Å². The fraction of sp³-hybridized carbons (Fsp3) is 0.474. The summed E-state index contributed by atoms with van der Waals surface area (Å²) < 4.78 is 0. The molecule has 2 heterocycles. The van der Waals surface area contributed by atoms with Crippen LogP contribution in [0.5, 0.6) is 0 Å². The third kappa shape index (κ3) is 7.86. The zero-order valence-electron chi connectivity index (χ0n) is 27.5. The third-order valence-electron chi connectivity index (χ3n) is 8.94. The number of likely N-dealkylation sites (tertiary alicyclic amines) is 1. The lowest BCUT2D eigenvalue weighted by Gasteiger charge is -2.28. The molecular formula is C38H51N3O. The van der Waals surface area contributed by atoms with Crippen LogP contribution in [0.25, 0.3) is 0 Å². The van der Waals surface area contributed by atoms with Crippen LogP contribution in [0.4, 0.5) is 0 Å². The maximum atomic E-state index is 13.1. The van der Waals surface area contributed by atoms with Gasteiger partial charge in [-0.25, -0.2) is 0 Å². The highest BCUT2D eigenvalue weighted by Crippen LogP contribution is 2.33. The lowest BCUT2D eigenvalue weighted by molar-refractivity contribution is -0.111. The van der Waals surface area contributed by atoms with Crippen LogP contribution < -0.4 is 0 Å². The molecule has 3 rings (SSSR count). The number of ketones is 1. The van der Waals surface area contributed by atoms with Gasteiger partial charge in [0.25, 0.3) is 0 Å². The number of carbonyl (C=O) groups is 1. The van der Waals surface area contributed by atoms with Crippen LogP contribution in [-0.4, -0.2) is 42.2 Å². The van der Waals surface area contributed by atoms with E-state index < -0.39 is 0 Å². The van der Waals surface area contributed by atoms with Crippen molar-refractivity contribution in [1.29, 1.82) is 0 Å². The quantitative estimate of drug-likeness (QED) is 0.102. The Kier molecular flexibility index (Phi) is 11.5. The molecule has 0 radical (unpaired) electrons. The topological polar surface area (TPSA) is 45.0 Å². The van der Waals surface area contributed by atoms with Gasteiger partial charge in [0.15, 0.2) is 5.78 Å². The molecule has 1 fully saturated rings. The Morgan fingerprint density at radius 2 is 1.93 bits per heavy atom. The molecule has 4 heteroatoms. The number of nitrogens with zero attached hydrogens (tertiary/aromatic N) is 3. The SMILES string of the molecule is C=C1CC(/C(C)=C\C(=C/C)N2CCC(=C)C(CCC)[C@H](C)C2)=NC(C(/C=C2/C(C)=C=C(C)C(C)=CC2C)=NC)=CC1=O. The minimum atomic E-state index is -0.100. The van der Waals surface area contributed by atoms with Crippen LogP contribution in [0.2, 0.25) is 0 Å².